The van der Waals surface area contributed by atoms with Crippen LogP contribution in [0.15, 0.2) is 42.6 Å². The Hall–Kier alpha value is -2.93. The highest BCUT2D eigenvalue weighted by atomic mass is 16.5. The monoisotopic (exact) mass is 370 g/mol. The van der Waals surface area contributed by atoms with E-state index in [9.17, 15) is 14.7 Å². The number of rotatable bonds is 6. The Labute approximate surface area is 157 Å². The minimum absolute atomic E-state index is 0.247. The number of aliphatic carboxylic acids is 1. The number of amides is 1. The van der Waals surface area contributed by atoms with Crippen molar-refractivity contribution in [1.82, 2.24) is 10.3 Å². The van der Waals surface area contributed by atoms with E-state index in [0.29, 0.717) is 24.5 Å². The maximum absolute atomic E-state index is 12.6. The Kier molecular flexibility index (Phi) is 5.71. The maximum Gasteiger partial charge on any atom is 0.329 e. The van der Waals surface area contributed by atoms with Crippen LogP contribution in [0.4, 0.5) is 0 Å². The lowest BCUT2D eigenvalue weighted by Gasteiger charge is -2.33. The van der Waals surface area contributed by atoms with Gasteiger partial charge in [0, 0.05) is 37.3 Å². The summed E-state index contributed by atoms with van der Waals surface area (Å²) < 4.78 is 10.9. The third-order valence-corrected chi connectivity index (χ3v) is 4.59. The molecule has 142 valence electrons. The minimum Gasteiger partial charge on any atom is -0.487 e. The molecule has 2 aromatic rings. The molecule has 0 bridgehead atoms. The average Bonchev–Trinajstić information content (AvgIpc) is 2.68. The third kappa shape index (κ3) is 4.62. The maximum atomic E-state index is 12.6. The standard InChI is InChI=1S/C20H22N2O5/c1-14-5-6-17(12-21-14)27-13-15-3-2-4-16(11-15)18(23)22-20(19(24)25)7-9-26-10-8-20/h2-6,11-12H,7-10,13H2,1H3,(H,22,23)(H,24,25). The van der Waals surface area contributed by atoms with Gasteiger partial charge in [0.2, 0.25) is 0 Å². The molecule has 1 saturated heterocycles. The van der Waals surface area contributed by atoms with Gasteiger partial charge >= 0.3 is 5.97 Å². The van der Waals surface area contributed by atoms with Crippen molar-refractivity contribution in [3.8, 4) is 5.75 Å². The van der Waals surface area contributed by atoms with E-state index in [1.165, 1.54) is 0 Å². The normalized spacial score (nSPS) is 15.7. The highest BCUT2D eigenvalue weighted by molar-refractivity contribution is 5.98. The summed E-state index contributed by atoms with van der Waals surface area (Å²) in [6.07, 6.45) is 2.14. The summed E-state index contributed by atoms with van der Waals surface area (Å²) >= 11 is 0. The van der Waals surface area contributed by atoms with Gasteiger partial charge in [-0.3, -0.25) is 9.78 Å². The summed E-state index contributed by atoms with van der Waals surface area (Å²) in [7, 11) is 0. The Morgan fingerprint density at radius 1 is 1.26 bits per heavy atom. The summed E-state index contributed by atoms with van der Waals surface area (Å²) in [5.74, 6) is -0.814. The number of nitrogens with one attached hydrogen (secondary N) is 1. The number of hydrogen-bond acceptors (Lipinski definition) is 5. The van der Waals surface area contributed by atoms with E-state index >= 15 is 0 Å². The molecule has 1 aliphatic rings. The third-order valence-electron chi connectivity index (χ3n) is 4.59. The van der Waals surface area contributed by atoms with Crippen molar-refractivity contribution < 1.29 is 24.2 Å². The van der Waals surface area contributed by atoms with Crippen molar-refractivity contribution in [2.75, 3.05) is 13.2 Å². The number of ether oxygens (including phenoxy) is 2. The quantitative estimate of drug-likeness (QED) is 0.810. The smallest absolute Gasteiger partial charge is 0.329 e. The number of aromatic nitrogens is 1. The molecular weight excluding hydrogens is 348 g/mol. The fourth-order valence-corrected chi connectivity index (χ4v) is 2.91. The molecule has 1 fully saturated rings. The van der Waals surface area contributed by atoms with Crippen LogP contribution in [0, 0.1) is 6.92 Å². The first-order chi connectivity index (χ1) is 13.0. The van der Waals surface area contributed by atoms with Crippen molar-refractivity contribution >= 4 is 11.9 Å². The van der Waals surface area contributed by atoms with E-state index in [-0.39, 0.29) is 19.4 Å². The van der Waals surface area contributed by atoms with Gasteiger partial charge in [-0.25, -0.2) is 4.79 Å². The zero-order valence-corrected chi connectivity index (χ0v) is 15.1. The van der Waals surface area contributed by atoms with Gasteiger partial charge < -0.3 is 19.9 Å². The van der Waals surface area contributed by atoms with Crippen LogP contribution in [0.3, 0.4) is 0 Å². The first kappa shape index (κ1) is 18.8. The summed E-state index contributed by atoms with van der Waals surface area (Å²) in [6, 6.07) is 10.6. The Morgan fingerprint density at radius 3 is 2.70 bits per heavy atom. The molecule has 0 radical (unpaired) electrons. The zero-order chi connectivity index (χ0) is 19.3. The van der Waals surface area contributed by atoms with E-state index in [2.05, 4.69) is 10.3 Å². The second kappa shape index (κ2) is 8.18. The fourth-order valence-electron chi connectivity index (χ4n) is 2.91. The molecule has 0 spiro atoms. The molecule has 0 saturated carbocycles. The number of carboxylic acid groups (broad SMARTS) is 1. The van der Waals surface area contributed by atoms with Gasteiger partial charge in [0.15, 0.2) is 0 Å². The molecule has 0 atom stereocenters. The van der Waals surface area contributed by atoms with E-state index in [4.69, 9.17) is 9.47 Å². The van der Waals surface area contributed by atoms with Gasteiger partial charge in [0.05, 0.1) is 6.20 Å². The molecule has 2 N–H and O–H groups in total. The van der Waals surface area contributed by atoms with Gasteiger partial charge in [-0.2, -0.15) is 0 Å². The van der Waals surface area contributed by atoms with Crippen molar-refractivity contribution in [2.24, 2.45) is 0 Å². The second-order valence-electron chi connectivity index (χ2n) is 6.58. The van der Waals surface area contributed by atoms with Crippen LogP contribution in [0.1, 0.15) is 34.5 Å². The van der Waals surface area contributed by atoms with Gasteiger partial charge in [-0.1, -0.05) is 12.1 Å². The first-order valence-corrected chi connectivity index (χ1v) is 8.77. The highest BCUT2D eigenvalue weighted by Crippen LogP contribution is 2.22. The molecule has 0 unspecified atom stereocenters. The number of carbonyl (C=O) groups is 2. The molecule has 2 heterocycles. The van der Waals surface area contributed by atoms with Gasteiger partial charge in [0.1, 0.15) is 17.9 Å². The first-order valence-electron chi connectivity index (χ1n) is 8.77. The molecular formula is C20H22N2O5. The molecule has 1 aromatic heterocycles. The topological polar surface area (TPSA) is 97.8 Å². The molecule has 7 heteroatoms. The van der Waals surface area contributed by atoms with Crippen molar-refractivity contribution in [3.05, 3.63) is 59.4 Å². The minimum atomic E-state index is -1.28. The number of nitrogens with zero attached hydrogens (tertiary/aromatic N) is 1. The zero-order valence-electron chi connectivity index (χ0n) is 15.1. The lowest BCUT2D eigenvalue weighted by molar-refractivity contribution is -0.148. The second-order valence-corrected chi connectivity index (χ2v) is 6.58. The number of hydrogen-bond donors (Lipinski definition) is 2. The summed E-state index contributed by atoms with van der Waals surface area (Å²) in [5, 5.41) is 12.3. The Bertz CT molecular complexity index is 813. The number of aryl methyl sites for hydroxylation is 1. The van der Waals surface area contributed by atoms with E-state index in [1.807, 2.05) is 25.1 Å². The lowest BCUT2D eigenvalue weighted by Crippen LogP contribution is -2.57. The molecule has 1 amide bonds. The number of pyridine rings is 1. The van der Waals surface area contributed by atoms with Crippen molar-refractivity contribution in [2.45, 2.75) is 31.9 Å². The summed E-state index contributed by atoms with van der Waals surface area (Å²) in [6.45, 7) is 2.80. The average molecular weight is 370 g/mol. The van der Waals surface area contributed by atoms with Crippen LogP contribution in [0.2, 0.25) is 0 Å². The summed E-state index contributed by atoms with van der Waals surface area (Å²) in [4.78, 5) is 28.5. The van der Waals surface area contributed by atoms with Gasteiger partial charge in [-0.05, 0) is 36.8 Å². The highest BCUT2D eigenvalue weighted by Gasteiger charge is 2.41. The van der Waals surface area contributed by atoms with Crippen LogP contribution in [0.25, 0.3) is 0 Å². The van der Waals surface area contributed by atoms with Gasteiger partial charge in [0.25, 0.3) is 5.91 Å². The molecule has 7 nitrogen and oxygen atoms in total. The number of benzene rings is 1. The van der Waals surface area contributed by atoms with Crippen LogP contribution in [0.5, 0.6) is 5.75 Å². The molecule has 1 aliphatic heterocycles. The van der Waals surface area contributed by atoms with Crippen LogP contribution >= 0.6 is 0 Å². The van der Waals surface area contributed by atoms with Crippen molar-refractivity contribution in [3.63, 3.8) is 0 Å². The Balaban J connectivity index is 1.67. The number of carbonyl (C=O) groups excluding carboxylic acids is 1. The van der Waals surface area contributed by atoms with Crippen LogP contribution in [-0.4, -0.2) is 40.7 Å². The van der Waals surface area contributed by atoms with E-state index < -0.39 is 17.4 Å². The van der Waals surface area contributed by atoms with E-state index in [1.54, 1.807) is 24.4 Å². The predicted molar refractivity (Wildman–Crippen MR) is 97.6 cm³/mol. The molecule has 0 aliphatic carbocycles. The van der Waals surface area contributed by atoms with Gasteiger partial charge in [-0.15, -0.1) is 0 Å². The number of carboxylic acids is 1. The molecule has 27 heavy (non-hydrogen) atoms. The lowest BCUT2D eigenvalue weighted by atomic mass is 9.89. The van der Waals surface area contributed by atoms with Crippen LogP contribution < -0.4 is 10.1 Å². The summed E-state index contributed by atoms with van der Waals surface area (Å²) in [5.41, 5.74) is 0.821. The fraction of sp³-hybridized carbons (Fsp3) is 0.350. The molecule has 1 aromatic carbocycles. The SMILES string of the molecule is Cc1ccc(OCc2cccc(C(=O)NC3(C(=O)O)CCOCC3)c2)cn1. The van der Waals surface area contributed by atoms with Crippen molar-refractivity contribution in [1.29, 1.82) is 0 Å². The van der Waals surface area contributed by atoms with Crippen LogP contribution in [-0.2, 0) is 16.1 Å². The molecule has 3 rings (SSSR count). The van der Waals surface area contributed by atoms with E-state index in [0.717, 1.165) is 11.3 Å². The Morgan fingerprint density at radius 2 is 2.04 bits per heavy atom. The predicted octanol–water partition coefficient (Wildman–Crippen LogP) is 2.33. The largest absolute Gasteiger partial charge is 0.487 e.